The first-order valence-electron chi connectivity index (χ1n) is 4.24. The second-order valence-electron chi connectivity index (χ2n) is 2.66. The Hall–Kier alpha value is -2.10. The number of rotatable bonds is 3. The summed E-state index contributed by atoms with van der Waals surface area (Å²) >= 11 is 0. The molecule has 1 aromatic rings. The van der Waals surface area contributed by atoms with Gasteiger partial charge in [-0.05, 0) is 12.1 Å². The topological polar surface area (TPSA) is 52.6 Å². The lowest BCUT2D eigenvalue weighted by Crippen LogP contribution is -2.10. The lowest BCUT2D eigenvalue weighted by molar-refractivity contribution is -0.135. The van der Waals surface area contributed by atoms with Crippen LogP contribution in [0.1, 0.15) is 17.3 Å². The van der Waals surface area contributed by atoms with E-state index in [1.54, 1.807) is 18.2 Å². The Kier molecular flexibility index (Phi) is 3.62. The van der Waals surface area contributed by atoms with E-state index in [0.717, 1.165) is 6.92 Å². The van der Waals surface area contributed by atoms with Gasteiger partial charge in [-0.15, -0.1) is 0 Å². The average Bonchev–Trinajstić information content (AvgIpc) is 2.18. The van der Waals surface area contributed by atoms with Gasteiger partial charge in [0.2, 0.25) is 0 Å². The van der Waals surface area contributed by atoms with Crippen molar-refractivity contribution in [2.75, 3.05) is 0 Å². The average molecular weight is 206 g/mol. The van der Waals surface area contributed by atoms with E-state index in [9.17, 15) is 9.59 Å². The van der Waals surface area contributed by atoms with Crippen molar-refractivity contribution in [3.8, 4) is 5.75 Å². The molecule has 0 spiro atoms. The summed E-state index contributed by atoms with van der Waals surface area (Å²) in [6.07, 6.45) is 1.19. The monoisotopic (exact) mass is 206 g/mol. The molecule has 0 amide bonds. The maximum Gasteiger partial charge on any atom is 0.349 e. The van der Waals surface area contributed by atoms with Crippen LogP contribution in [0.25, 0.3) is 0 Å². The molecule has 4 heteroatoms. The van der Waals surface area contributed by atoms with E-state index in [2.05, 4.69) is 11.3 Å². The standard InChI is InChI=1S/C11H10O4/c1-3-14-10-7-5-4-6-9(10)11(13)15-8(2)12/h3-7H,1H2,2H3. The highest BCUT2D eigenvalue weighted by Crippen LogP contribution is 2.18. The van der Waals surface area contributed by atoms with Crippen LogP contribution >= 0.6 is 0 Å². The van der Waals surface area contributed by atoms with Crippen molar-refractivity contribution in [2.24, 2.45) is 0 Å². The Labute approximate surface area is 87.1 Å². The van der Waals surface area contributed by atoms with Gasteiger partial charge in [-0.25, -0.2) is 4.79 Å². The molecule has 1 rings (SSSR count). The lowest BCUT2D eigenvalue weighted by Gasteiger charge is -2.05. The van der Waals surface area contributed by atoms with E-state index in [1.807, 2.05) is 0 Å². The Morgan fingerprint density at radius 2 is 2.00 bits per heavy atom. The van der Waals surface area contributed by atoms with E-state index in [-0.39, 0.29) is 5.56 Å². The summed E-state index contributed by atoms with van der Waals surface area (Å²) in [6, 6.07) is 6.43. The van der Waals surface area contributed by atoms with Crippen LogP contribution < -0.4 is 4.74 Å². The van der Waals surface area contributed by atoms with Crippen molar-refractivity contribution < 1.29 is 19.1 Å². The molecule has 15 heavy (non-hydrogen) atoms. The molecular weight excluding hydrogens is 196 g/mol. The van der Waals surface area contributed by atoms with Gasteiger partial charge in [0, 0.05) is 6.92 Å². The van der Waals surface area contributed by atoms with Gasteiger partial charge < -0.3 is 9.47 Å². The van der Waals surface area contributed by atoms with Gasteiger partial charge in [-0.3, -0.25) is 4.79 Å². The van der Waals surface area contributed by atoms with Gasteiger partial charge in [0.05, 0.1) is 6.26 Å². The van der Waals surface area contributed by atoms with E-state index < -0.39 is 11.9 Å². The van der Waals surface area contributed by atoms with Crippen molar-refractivity contribution in [3.05, 3.63) is 42.7 Å². The highest BCUT2D eigenvalue weighted by molar-refractivity contribution is 5.98. The molecule has 0 unspecified atom stereocenters. The molecule has 0 N–H and O–H groups in total. The molecule has 0 aliphatic heterocycles. The highest BCUT2D eigenvalue weighted by atomic mass is 16.6. The number of carbonyl (C=O) groups is 2. The van der Waals surface area contributed by atoms with E-state index >= 15 is 0 Å². The molecular formula is C11H10O4. The molecule has 1 aromatic carbocycles. The van der Waals surface area contributed by atoms with Crippen LogP contribution in [-0.4, -0.2) is 11.9 Å². The zero-order valence-corrected chi connectivity index (χ0v) is 8.23. The van der Waals surface area contributed by atoms with Gasteiger partial charge in [-0.2, -0.15) is 0 Å². The molecule has 0 bridgehead atoms. The maximum atomic E-state index is 11.4. The zero-order valence-electron chi connectivity index (χ0n) is 8.23. The molecule has 0 aliphatic rings. The summed E-state index contributed by atoms with van der Waals surface area (Å²) < 4.78 is 9.42. The van der Waals surface area contributed by atoms with Crippen LogP contribution in [0.2, 0.25) is 0 Å². The number of ether oxygens (including phenoxy) is 2. The van der Waals surface area contributed by atoms with Crippen LogP contribution in [-0.2, 0) is 9.53 Å². The first kappa shape index (κ1) is 11.0. The van der Waals surface area contributed by atoms with E-state index in [4.69, 9.17) is 4.74 Å². The number of hydrogen-bond donors (Lipinski definition) is 0. The Morgan fingerprint density at radius 3 is 2.60 bits per heavy atom. The number of esters is 2. The summed E-state index contributed by atoms with van der Waals surface area (Å²) in [5, 5.41) is 0. The van der Waals surface area contributed by atoms with Crippen molar-refractivity contribution in [1.29, 1.82) is 0 Å². The van der Waals surface area contributed by atoms with Crippen molar-refractivity contribution in [1.82, 2.24) is 0 Å². The fourth-order valence-electron chi connectivity index (χ4n) is 1.01. The summed E-state index contributed by atoms with van der Waals surface area (Å²) in [7, 11) is 0. The zero-order chi connectivity index (χ0) is 11.3. The molecule has 0 atom stereocenters. The molecule has 0 saturated heterocycles. The summed E-state index contributed by atoms with van der Waals surface area (Å²) in [4.78, 5) is 22.0. The molecule has 0 aliphatic carbocycles. The number of hydrogen-bond acceptors (Lipinski definition) is 4. The first-order chi connectivity index (χ1) is 7.15. The van der Waals surface area contributed by atoms with Gasteiger partial charge in [0.15, 0.2) is 0 Å². The molecule has 0 aromatic heterocycles. The van der Waals surface area contributed by atoms with Crippen LogP contribution in [0.4, 0.5) is 0 Å². The van der Waals surface area contributed by atoms with Gasteiger partial charge >= 0.3 is 11.9 Å². The Morgan fingerprint density at radius 1 is 1.33 bits per heavy atom. The van der Waals surface area contributed by atoms with Crippen LogP contribution in [0.15, 0.2) is 37.1 Å². The largest absolute Gasteiger partial charge is 0.465 e. The smallest absolute Gasteiger partial charge is 0.349 e. The number of benzene rings is 1. The van der Waals surface area contributed by atoms with Crippen LogP contribution in [0.5, 0.6) is 5.75 Å². The molecule has 0 heterocycles. The third-order valence-corrected chi connectivity index (χ3v) is 1.55. The number of carbonyl (C=O) groups excluding carboxylic acids is 2. The first-order valence-corrected chi connectivity index (χ1v) is 4.24. The fourth-order valence-corrected chi connectivity index (χ4v) is 1.01. The highest BCUT2D eigenvalue weighted by Gasteiger charge is 2.14. The molecule has 78 valence electrons. The Bertz CT molecular complexity index is 395. The predicted molar refractivity (Wildman–Crippen MR) is 53.4 cm³/mol. The molecule has 0 radical (unpaired) electrons. The summed E-state index contributed by atoms with van der Waals surface area (Å²) in [5.74, 6) is -1.09. The molecule has 0 fully saturated rings. The van der Waals surface area contributed by atoms with Crippen molar-refractivity contribution in [3.63, 3.8) is 0 Å². The minimum Gasteiger partial charge on any atom is -0.465 e. The minimum atomic E-state index is -0.736. The van der Waals surface area contributed by atoms with Gasteiger partial charge in [0.1, 0.15) is 11.3 Å². The quantitative estimate of drug-likeness (QED) is 0.430. The van der Waals surface area contributed by atoms with Crippen LogP contribution in [0.3, 0.4) is 0 Å². The van der Waals surface area contributed by atoms with Crippen molar-refractivity contribution >= 4 is 11.9 Å². The lowest BCUT2D eigenvalue weighted by atomic mass is 10.2. The second-order valence-corrected chi connectivity index (χ2v) is 2.66. The summed E-state index contributed by atoms with van der Waals surface area (Å²) in [6.45, 7) is 4.54. The molecule has 4 nitrogen and oxygen atoms in total. The van der Waals surface area contributed by atoms with Gasteiger partial charge in [0.25, 0.3) is 0 Å². The number of para-hydroxylation sites is 1. The normalized spacial score (nSPS) is 9.13. The van der Waals surface area contributed by atoms with Crippen molar-refractivity contribution in [2.45, 2.75) is 6.92 Å². The van der Waals surface area contributed by atoms with E-state index in [0.29, 0.717) is 5.75 Å². The SMILES string of the molecule is C=COc1ccccc1C(=O)OC(C)=O. The fraction of sp³-hybridized carbons (Fsp3) is 0.0909. The third kappa shape index (κ3) is 2.95. The third-order valence-electron chi connectivity index (χ3n) is 1.55. The summed E-state index contributed by atoms with van der Waals surface area (Å²) in [5.41, 5.74) is 0.188. The Balaban J connectivity index is 2.96. The van der Waals surface area contributed by atoms with E-state index in [1.165, 1.54) is 12.3 Å². The maximum absolute atomic E-state index is 11.4. The molecule has 0 saturated carbocycles. The van der Waals surface area contributed by atoms with Crippen LogP contribution in [0, 0.1) is 0 Å². The predicted octanol–water partition coefficient (Wildman–Crippen LogP) is 1.91. The second kappa shape index (κ2) is 4.95. The minimum absolute atomic E-state index is 0.188. The van der Waals surface area contributed by atoms with Gasteiger partial charge in [-0.1, -0.05) is 18.7 Å².